The number of nitrogens with zero attached hydrogens (tertiary/aromatic N) is 2. The molecule has 2 aromatic rings. The molecule has 0 aliphatic carbocycles. The molecule has 5 heteroatoms. The van der Waals surface area contributed by atoms with E-state index in [1.807, 2.05) is 18.2 Å². The van der Waals surface area contributed by atoms with Crippen molar-refractivity contribution in [2.75, 3.05) is 23.3 Å². The molecule has 114 valence electrons. The van der Waals surface area contributed by atoms with Gasteiger partial charge in [-0.2, -0.15) is 4.98 Å². The Hall–Kier alpha value is -2.04. The van der Waals surface area contributed by atoms with E-state index >= 15 is 0 Å². The molecular formula is C16H25N5. The van der Waals surface area contributed by atoms with Crippen LogP contribution < -0.4 is 16.8 Å². The van der Waals surface area contributed by atoms with Crippen LogP contribution >= 0.6 is 0 Å². The van der Waals surface area contributed by atoms with E-state index in [0.29, 0.717) is 5.82 Å². The normalized spacial score (nSPS) is 10.9. The van der Waals surface area contributed by atoms with Crippen molar-refractivity contribution < 1.29 is 0 Å². The zero-order valence-corrected chi connectivity index (χ0v) is 12.7. The fourth-order valence-corrected chi connectivity index (χ4v) is 2.42. The van der Waals surface area contributed by atoms with Crippen molar-refractivity contribution in [2.24, 2.45) is 0 Å². The molecule has 1 heterocycles. The van der Waals surface area contributed by atoms with Gasteiger partial charge in [0, 0.05) is 17.6 Å². The van der Waals surface area contributed by atoms with Gasteiger partial charge in [-0.1, -0.05) is 39.0 Å². The van der Waals surface area contributed by atoms with Crippen molar-refractivity contribution in [1.82, 2.24) is 9.97 Å². The molecule has 1 aromatic heterocycles. The molecule has 0 saturated carbocycles. The number of nitrogen functional groups attached to an aromatic ring is 2. The Morgan fingerprint density at radius 1 is 1.00 bits per heavy atom. The Kier molecular flexibility index (Phi) is 5.60. The van der Waals surface area contributed by atoms with E-state index in [0.717, 1.165) is 23.1 Å². The standard InChI is InChI=1S/C16H25N5/c1-2-3-4-5-6-7-10-19-12-8-9-14-13(11-12)15(17)21-16(18)20-14/h8-9,11,19H,2-7,10H2,1H3,(H4,17,18,20,21). The van der Waals surface area contributed by atoms with Crippen LogP contribution in [0.15, 0.2) is 18.2 Å². The molecule has 0 amide bonds. The second-order valence-electron chi connectivity index (χ2n) is 5.39. The lowest BCUT2D eigenvalue weighted by Gasteiger charge is -2.08. The maximum atomic E-state index is 5.89. The van der Waals surface area contributed by atoms with Crippen LogP contribution in [0.3, 0.4) is 0 Å². The maximum absolute atomic E-state index is 5.89. The summed E-state index contributed by atoms with van der Waals surface area (Å²) in [5.74, 6) is 0.647. The van der Waals surface area contributed by atoms with E-state index in [4.69, 9.17) is 11.5 Å². The van der Waals surface area contributed by atoms with Crippen molar-refractivity contribution in [2.45, 2.75) is 45.4 Å². The van der Waals surface area contributed by atoms with Crippen LogP contribution in [0.5, 0.6) is 0 Å². The summed E-state index contributed by atoms with van der Waals surface area (Å²) in [6, 6.07) is 5.92. The van der Waals surface area contributed by atoms with Crippen LogP contribution in [0.1, 0.15) is 45.4 Å². The largest absolute Gasteiger partial charge is 0.385 e. The van der Waals surface area contributed by atoms with Crippen LogP contribution in [0.2, 0.25) is 0 Å². The molecule has 0 radical (unpaired) electrons. The lowest BCUT2D eigenvalue weighted by molar-refractivity contribution is 0.617. The van der Waals surface area contributed by atoms with Gasteiger partial charge in [0.2, 0.25) is 5.95 Å². The summed E-state index contributed by atoms with van der Waals surface area (Å²) in [7, 11) is 0. The number of nitrogens with two attached hydrogens (primary N) is 2. The second-order valence-corrected chi connectivity index (χ2v) is 5.39. The Morgan fingerprint density at radius 2 is 1.76 bits per heavy atom. The van der Waals surface area contributed by atoms with E-state index in [1.54, 1.807) is 0 Å². The van der Waals surface area contributed by atoms with E-state index in [2.05, 4.69) is 22.2 Å². The van der Waals surface area contributed by atoms with Gasteiger partial charge in [-0.05, 0) is 24.6 Å². The molecule has 2 rings (SSSR count). The molecule has 1 aromatic carbocycles. The van der Waals surface area contributed by atoms with Crippen LogP contribution in [-0.2, 0) is 0 Å². The van der Waals surface area contributed by atoms with E-state index < -0.39 is 0 Å². The quantitative estimate of drug-likeness (QED) is 0.646. The van der Waals surface area contributed by atoms with Gasteiger partial charge in [0.25, 0.3) is 0 Å². The molecule has 5 nitrogen and oxygen atoms in total. The minimum atomic E-state index is 0.216. The fourth-order valence-electron chi connectivity index (χ4n) is 2.42. The highest BCUT2D eigenvalue weighted by atomic mass is 15.0. The summed E-state index contributed by atoms with van der Waals surface area (Å²) in [5.41, 5.74) is 13.3. The molecule has 0 aliphatic heterocycles. The molecular weight excluding hydrogens is 262 g/mol. The van der Waals surface area contributed by atoms with Crippen LogP contribution in [-0.4, -0.2) is 16.5 Å². The minimum absolute atomic E-state index is 0.216. The zero-order valence-electron chi connectivity index (χ0n) is 12.7. The highest BCUT2D eigenvalue weighted by Crippen LogP contribution is 2.22. The highest BCUT2D eigenvalue weighted by Gasteiger charge is 2.04. The van der Waals surface area contributed by atoms with E-state index in [-0.39, 0.29) is 5.95 Å². The molecule has 0 spiro atoms. The van der Waals surface area contributed by atoms with Crippen LogP contribution in [0.25, 0.3) is 10.9 Å². The average Bonchev–Trinajstić information content (AvgIpc) is 2.46. The fraction of sp³-hybridized carbons (Fsp3) is 0.500. The van der Waals surface area contributed by atoms with Gasteiger partial charge in [0.15, 0.2) is 0 Å². The lowest BCUT2D eigenvalue weighted by atomic mass is 10.1. The summed E-state index contributed by atoms with van der Waals surface area (Å²) in [6.45, 7) is 3.22. The summed E-state index contributed by atoms with van der Waals surface area (Å²) in [4.78, 5) is 8.17. The van der Waals surface area contributed by atoms with Crippen molar-refractivity contribution >= 4 is 28.4 Å². The zero-order chi connectivity index (χ0) is 15.1. The van der Waals surface area contributed by atoms with Crippen LogP contribution in [0, 0.1) is 0 Å². The number of anilines is 3. The smallest absolute Gasteiger partial charge is 0.222 e. The number of unbranched alkanes of at least 4 members (excludes halogenated alkanes) is 5. The Morgan fingerprint density at radius 3 is 2.57 bits per heavy atom. The Bertz CT molecular complexity index is 582. The number of hydrogen-bond donors (Lipinski definition) is 3. The van der Waals surface area contributed by atoms with Gasteiger partial charge in [0.05, 0.1) is 5.52 Å². The number of aromatic nitrogens is 2. The second kappa shape index (κ2) is 7.67. The first-order chi connectivity index (χ1) is 10.2. The highest BCUT2D eigenvalue weighted by molar-refractivity contribution is 5.91. The predicted octanol–water partition coefficient (Wildman–Crippen LogP) is 3.57. The molecule has 21 heavy (non-hydrogen) atoms. The van der Waals surface area contributed by atoms with Crippen LogP contribution in [0.4, 0.5) is 17.5 Å². The summed E-state index contributed by atoms with van der Waals surface area (Å²) >= 11 is 0. The van der Waals surface area contributed by atoms with Gasteiger partial charge >= 0.3 is 0 Å². The first-order valence-electron chi connectivity index (χ1n) is 7.77. The number of benzene rings is 1. The summed E-state index contributed by atoms with van der Waals surface area (Å²) in [5, 5.41) is 4.27. The van der Waals surface area contributed by atoms with Gasteiger partial charge in [-0.3, -0.25) is 0 Å². The number of hydrogen-bond acceptors (Lipinski definition) is 5. The van der Waals surface area contributed by atoms with Gasteiger partial charge in [-0.15, -0.1) is 0 Å². The molecule has 5 N–H and O–H groups in total. The van der Waals surface area contributed by atoms with Crippen molar-refractivity contribution in [3.05, 3.63) is 18.2 Å². The van der Waals surface area contributed by atoms with Gasteiger partial charge in [0.1, 0.15) is 5.82 Å². The third-order valence-electron chi connectivity index (χ3n) is 3.60. The Labute approximate surface area is 126 Å². The monoisotopic (exact) mass is 287 g/mol. The lowest BCUT2D eigenvalue weighted by Crippen LogP contribution is -2.03. The first-order valence-corrected chi connectivity index (χ1v) is 7.77. The topological polar surface area (TPSA) is 89.8 Å². The van der Waals surface area contributed by atoms with Gasteiger partial charge < -0.3 is 16.8 Å². The molecule has 0 aliphatic rings. The minimum Gasteiger partial charge on any atom is -0.385 e. The third kappa shape index (κ3) is 4.48. The van der Waals surface area contributed by atoms with E-state index in [9.17, 15) is 0 Å². The molecule has 0 unspecified atom stereocenters. The number of fused-ring (bicyclic) bond motifs is 1. The molecule has 0 bridgehead atoms. The summed E-state index contributed by atoms with van der Waals surface area (Å²) < 4.78 is 0. The van der Waals surface area contributed by atoms with Crippen molar-refractivity contribution in [3.63, 3.8) is 0 Å². The first kappa shape index (κ1) is 15.4. The van der Waals surface area contributed by atoms with Crippen molar-refractivity contribution in [1.29, 1.82) is 0 Å². The average molecular weight is 287 g/mol. The molecule has 0 fully saturated rings. The number of rotatable bonds is 8. The third-order valence-corrected chi connectivity index (χ3v) is 3.60. The SMILES string of the molecule is CCCCCCCCNc1ccc2nc(N)nc(N)c2c1. The Balaban J connectivity index is 1.85. The molecule has 0 saturated heterocycles. The van der Waals surface area contributed by atoms with Crippen molar-refractivity contribution in [3.8, 4) is 0 Å². The van der Waals surface area contributed by atoms with E-state index in [1.165, 1.54) is 38.5 Å². The predicted molar refractivity (Wildman–Crippen MR) is 90.2 cm³/mol. The molecule has 0 atom stereocenters. The number of nitrogens with one attached hydrogen (secondary N) is 1. The summed E-state index contributed by atoms with van der Waals surface area (Å²) in [6.07, 6.45) is 7.79. The van der Waals surface area contributed by atoms with Gasteiger partial charge in [-0.25, -0.2) is 4.98 Å². The maximum Gasteiger partial charge on any atom is 0.222 e.